The zero-order chi connectivity index (χ0) is 19.8. The summed E-state index contributed by atoms with van der Waals surface area (Å²) in [6, 6.07) is 17.5. The van der Waals surface area contributed by atoms with Crippen LogP contribution in [0, 0.1) is 18.3 Å². The van der Waals surface area contributed by atoms with Gasteiger partial charge in [-0.3, -0.25) is 9.20 Å². The molecule has 0 unspecified atom stereocenters. The van der Waals surface area contributed by atoms with Crippen LogP contribution in [-0.4, -0.2) is 23.5 Å². The second-order valence-electron chi connectivity index (χ2n) is 6.82. The lowest BCUT2D eigenvalue weighted by Gasteiger charge is -2.12. The smallest absolute Gasteiger partial charge is 0.265 e. The van der Waals surface area contributed by atoms with Crippen LogP contribution in [-0.2, 0) is 0 Å². The largest absolute Gasteiger partial charge is 0.378 e. The maximum absolute atomic E-state index is 13.2. The van der Waals surface area contributed by atoms with E-state index in [4.69, 9.17) is 0 Å². The summed E-state index contributed by atoms with van der Waals surface area (Å²) in [5.74, 6) is 0. The van der Waals surface area contributed by atoms with Crippen LogP contribution in [0.25, 0.3) is 22.9 Å². The van der Waals surface area contributed by atoms with Crippen LogP contribution >= 0.6 is 0 Å². The number of pyridine rings is 1. The summed E-state index contributed by atoms with van der Waals surface area (Å²) in [6.45, 7) is 1.78. The molecule has 0 saturated heterocycles. The first-order valence-electron chi connectivity index (χ1n) is 8.89. The molecule has 0 aliphatic rings. The van der Waals surface area contributed by atoms with Gasteiger partial charge in [0.1, 0.15) is 6.07 Å². The quantitative estimate of drug-likeness (QED) is 0.601. The van der Waals surface area contributed by atoms with Crippen molar-refractivity contribution >= 4 is 34.3 Å². The van der Waals surface area contributed by atoms with Crippen molar-refractivity contribution in [2.24, 2.45) is 0 Å². The number of fused-ring (bicyclic) bond motifs is 3. The molecule has 0 bridgehead atoms. The lowest BCUT2D eigenvalue weighted by molar-refractivity contribution is 1.10. The maximum Gasteiger partial charge on any atom is 0.265 e. The normalized spacial score (nSPS) is 11.7. The highest BCUT2D eigenvalue weighted by atomic mass is 16.1. The van der Waals surface area contributed by atoms with Gasteiger partial charge in [0.25, 0.3) is 5.56 Å². The molecular weight excluding hydrogens is 350 g/mol. The Labute approximate surface area is 162 Å². The average molecular weight is 369 g/mol. The second-order valence-corrected chi connectivity index (χ2v) is 6.82. The number of nitrogens with one attached hydrogen (secondary N) is 1. The van der Waals surface area contributed by atoms with Gasteiger partial charge in [-0.1, -0.05) is 12.1 Å². The highest BCUT2D eigenvalue weighted by Crippen LogP contribution is 2.18. The van der Waals surface area contributed by atoms with Gasteiger partial charge in [0.05, 0.1) is 21.8 Å². The lowest BCUT2D eigenvalue weighted by Crippen LogP contribution is -2.34. The number of nitrogens with zero attached hydrogens (tertiary/aromatic N) is 4. The molecule has 0 aliphatic heterocycles. The van der Waals surface area contributed by atoms with Crippen LogP contribution in [0.1, 0.15) is 11.1 Å². The molecule has 0 saturated carbocycles. The molecule has 0 spiro atoms. The van der Waals surface area contributed by atoms with Crippen LogP contribution in [0.5, 0.6) is 0 Å². The van der Waals surface area contributed by atoms with E-state index in [0.29, 0.717) is 33.0 Å². The maximum atomic E-state index is 13.2. The fourth-order valence-corrected chi connectivity index (χ4v) is 3.30. The number of rotatable bonds is 3. The van der Waals surface area contributed by atoms with Crippen molar-refractivity contribution in [1.82, 2.24) is 9.38 Å². The van der Waals surface area contributed by atoms with E-state index >= 15 is 0 Å². The molecule has 2 aromatic heterocycles. The average Bonchev–Trinajstić information content (AvgIpc) is 3.08. The van der Waals surface area contributed by atoms with Gasteiger partial charge in [-0.25, -0.2) is 4.98 Å². The molecule has 2 aromatic carbocycles. The summed E-state index contributed by atoms with van der Waals surface area (Å²) in [5.41, 5.74) is 4.57. The number of benzene rings is 2. The fraction of sp³-hybridized carbons (Fsp3) is 0.136. The molecule has 28 heavy (non-hydrogen) atoms. The fourth-order valence-electron chi connectivity index (χ4n) is 3.30. The van der Waals surface area contributed by atoms with Crippen LogP contribution in [0.4, 0.5) is 11.4 Å². The molecule has 0 fully saturated rings. The number of hydrogen-bond acceptors (Lipinski definition) is 5. The first kappa shape index (κ1) is 17.6. The molecule has 6 heteroatoms. The first-order valence-corrected chi connectivity index (χ1v) is 8.89. The van der Waals surface area contributed by atoms with Crippen molar-refractivity contribution in [3.8, 4) is 6.07 Å². The standard InChI is InChI=1S/C22H19N5O/c1-14-17(12-23)21-25-19-6-4-5-7-20(19)27(21)22(28)18(14)13-24-15-8-10-16(11-9-15)26(2)3/h4-11,13,24H,1-3H3. The van der Waals surface area contributed by atoms with Crippen molar-refractivity contribution in [1.29, 1.82) is 5.26 Å². The summed E-state index contributed by atoms with van der Waals surface area (Å²) in [6.07, 6.45) is 1.66. The Morgan fingerprint density at radius 3 is 2.54 bits per heavy atom. The van der Waals surface area contributed by atoms with E-state index in [0.717, 1.165) is 11.4 Å². The van der Waals surface area contributed by atoms with Gasteiger partial charge in [0.15, 0.2) is 5.65 Å². The van der Waals surface area contributed by atoms with Gasteiger partial charge in [-0.2, -0.15) is 5.26 Å². The Morgan fingerprint density at radius 1 is 1.14 bits per heavy atom. The van der Waals surface area contributed by atoms with E-state index in [-0.39, 0.29) is 5.56 Å². The Kier molecular flexibility index (Phi) is 4.21. The summed E-state index contributed by atoms with van der Waals surface area (Å²) < 4.78 is 1.52. The van der Waals surface area contributed by atoms with Crippen molar-refractivity contribution in [3.05, 3.63) is 75.2 Å². The number of anilines is 2. The third kappa shape index (κ3) is 2.74. The van der Waals surface area contributed by atoms with Crippen molar-refractivity contribution < 1.29 is 0 Å². The van der Waals surface area contributed by atoms with Crippen molar-refractivity contribution in [2.45, 2.75) is 6.92 Å². The zero-order valence-electron chi connectivity index (χ0n) is 15.9. The van der Waals surface area contributed by atoms with E-state index in [1.165, 1.54) is 4.40 Å². The third-order valence-corrected chi connectivity index (χ3v) is 4.88. The van der Waals surface area contributed by atoms with Gasteiger partial charge >= 0.3 is 0 Å². The third-order valence-electron chi connectivity index (χ3n) is 4.88. The van der Waals surface area contributed by atoms with Gasteiger partial charge in [-0.05, 0) is 48.9 Å². The number of aromatic nitrogens is 2. The highest BCUT2D eigenvalue weighted by Gasteiger charge is 2.15. The van der Waals surface area contributed by atoms with Crippen molar-refractivity contribution in [2.75, 3.05) is 24.3 Å². The number of imidazole rings is 1. The van der Waals surface area contributed by atoms with Gasteiger partial charge in [-0.15, -0.1) is 0 Å². The molecular formula is C22H19N5O. The second kappa shape index (κ2) is 6.71. The number of para-hydroxylation sites is 2. The van der Waals surface area contributed by atoms with E-state index in [9.17, 15) is 10.1 Å². The van der Waals surface area contributed by atoms with Crippen LogP contribution in [0.2, 0.25) is 0 Å². The SMILES string of the molecule is Cc1c(C#N)c2nc3ccccc3n2c(=O)c1=CNc1ccc(N(C)C)cc1. The molecule has 138 valence electrons. The van der Waals surface area contributed by atoms with Crippen LogP contribution in [0.3, 0.4) is 0 Å². The minimum absolute atomic E-state index is 0.197. The minimum atomic E-state index is -0.197. The monoisotopic (exact) mass is 369 g/mol. The van der Waals surface area contributed by atoms with E-state index in [1.54, 1.807) is 13.1 Å². The van der Waals surface area contributed by atoms with E-state index in [2.05, 4.69) is 16.4 Å². The van der Waals surface area contributed by atoms with Gasteiger partial charge < -0.3 is 10.2 Å². The van der Waals surface area contributed by atoms with Crippen LogP contribution in [0.15, 0.2) is 53.3 Å². The highest BCUT2D eigenvalue weighted by molar-refractivity contribution is 5.82. The molecule has 4 rings (SSSR count). The van der Waals surface area contributed by atoms with E-state index in [1.807, 2.05) is 67.5 Å². The van der Waals surface area contributed by atoms with E-state index < -0.39 is 0 Å². The summed E-state index contributed by atoms with van der Waals surface area (Å²) in [4.78, 5) is 19.7. The molecule has 4 aromatic rings. The lowest BCUT2D eigenvalue weighted by atomic mass is 10.1. The zero-order valence-corrected chi connectivity index (χ0v) is 15.9. The van der Waals surface area contributed by atoms with Gasteiger partial charge in [0, 0.05) is 31.7 Å². The first-order chi connectivity index (χ1) is 13.5. The van der Waals surface area contributed by atoms with Gasteiger partial charge in [0.2, 0.25) is 0 Å². The molecule has 0 amide bonds. The Bertz CT molecular complexity index is 1340. The Balaban J connectivity index is 1.91. The number of nitriles is 1. The predicted molar refractivity (Wildman–Crippen MR) is 112 cm³/mol. The summed E-state index contributed by atoms with van der Waals surface area (Å²) >= 11 is 0. The molecule has 6 nitrogen and oxygen atoms in total. The Morgan fingerprint density at radius 2 is 1.86 bits per heavy atom. The topological polar surface area (TPSA) is 73.4 Å². The summed E-state index contributed by atoms with van der Waals surface area (Å²) in [5, 5.41) is 13.3. The number of hydrogen-bond donors (Lipinski definition) is 1. The molecule has 0 atom stereocenters. The van der Waals surface area contributed by atoms with Crippen LogP contribution < -0.4 is 21.0 Å². The Hall–Kier alpha value is -3.85. The minimum Gasteiger partial charge on any atom is -0.378 e. The van der Waals surface area contributed by atoms with Crippen molar-refractivity contribution in [3.63, 3.8) is 0 Å². The molecule has 0 aliphatic carbocycles. The summed E-state index contributed by atoms with van der Waals surface area (Å²) in [7, 11) is 3.96. The molecule has 2 heterocycles. The predicted octanol–water partition coefficient (Wildman–Crippen LogP) is 2.66. The molecule has 1 N–H and O–H groups in total. The molecule has 0 radical (unpaired) electrons.